The van der Waals surface area contributed by atoms with E-state index >= 15 is 0 Å². The molecule has 0 spiro atoms. The maximum absolute atomic E-state index is 12.3. The Morgan fingerprint density at radius 1 is 1.03 bits per heavy atom. The van der Waals surface area contributed by atoms with Crippen molar-refractivity contribution >= 4 is 40.6 Å². The van der Waals surface area contributed by atoms with Crippen molar-refractivity contribution in [3.63, 3.8) is 0 Å². The summed E-state index contributed by atoms with van der Waals surface area (Å²) in [6, 6.07) is 14.1. The lowest BCUT2D eigenvalue weighted by Crippen LogP contribution is -2.14. The number of thioether (sulfide) groups is 1. The topological polar surface area (TPSA) is 114 Å². The van der Waals surface area contributed by atoms with E-state index in [1.165, 1.54) is 18.7 Å². The number of anilines is 2. The zero-order valence-corrected chi connectivity index (χ0v) is 16.1. The zero-order valence-electron chi connectivity index (χ0n) is 15.3. The zero-order chi connectivity index (χ0) is 20.2. The summed E-state index contributed by atoms with van der Waals surface area (Å²) in [6.45, 7) is 1.44. The Morgan fingerprint density at radius 2 is 1.79 bits per heavy atom. The number of hydrogen-bond acceptors (Lipinski definition) is 7. The molecule has 3 aromatic heterocycles. The third-order valence-electron chi connectivity index (χ3n) is 3.83. The monoisotopic (exact) mass is 408 g/mol. The number of nitrogens with one attached hydrogen (secondary N) is 2. The normalized spacial score (nSPS) is 10.8. The predicted molar refractivity (Wildman–Crippen MR) is 109 cm³/mol. The Balaban J connectivity index is 1.40. The van der Waals surface area contributed by atoms with Crippen molar-refractivity contribution in [1.82, 2.24) is 19.8 Å². The number of carbonyl (C=O) groups is 2. The van der Waals surface area contributed by atoms with Gasteiger partial charge in [0.05, 0.1) is 12.0 Å². The Kier molecular flexibility index (Phi) is 5.25. The summed E-state index contributed by atoms with van der Waals surface area (Å²) in [5.41, 5.74) is 2.52. The van der Waals surface area contributed by atoms with Gasteiger partial charge in [-0.3, -0.25) is 9.59 Å². The van der Waals surface area contributed by atoms with Crippen molar-refractivity contribution in [2.75, 3.05) is 16.4 Å². The highest BCUT2D eigenvalue weighted by molar-refractivity contribution is 7.99. The molecule has 0 bridgehead atoms. The van der Waals surface area contributed by atoms with Gasteiger partial charge in [-0.15, -0.1) is 10.2 Å². The van der Waals surface area contributed by atoms with Crippen LogP contribution in [0, 0.1) is 0 Å². The van der Waals surface area contributed by atoms with Crippen LogP contribution in [0.5, 0.6) is 0 Å². The van der Waals surface area contributed by atoms with Crippen LogP contribution in [0.15, 0.2) is 64.4 Å². The summed E-state index contributed by atoms with van der Waals surface area (Å²) in [5.74, 6) is 0.432. The molecule has 0 aliphatic rings. The van der Waals surface area contributed by atoms with Crippen LogP contribution < -0.4 is 10.6 Å². The van der Waals surface area contributed by atoms with E-state index in [0.717, 1.165) is 0 Å². The fraction of sp³-hybridized carbons (Fsp3) is 0.105. The summed E-state index contributed by atoms with van der Waals surface area (Å²) >= 11 is 1.23. The van der Waals surface area contributed by atoms with Gasteiger partial charge in [0.15, 0.2) is 11.4 Å². The predicted octanol–water partition coefficient (Wildman–Crippen LogP) is 3.07. The van der Waals surface area contributed by atoms with Crippen molar-refractivity contribution in [2.45, 2.75) is 12.1 Å². The van der Waals surface area contributed by atoms with Gasteiger partial charge < -0.3 is 15.1 Å². The summed E-state index contributed by atoms with van der Waals surface area (Å²) in [4.78, 5) is 23.3. The molecule has 0 saturated carbocycles. The molecule has 0 saturated heterocycles. The van der Waals surface area contributed by atoms with Gasteiger partial charge in [0.2, 0.25) is 17.0 Å². The van der Waals surface area contributed by atoms with Crippen LogP contribution in [0.2, 0.25) is 0 Å². The first-order chi connectivity index (χ1) is 14.1. The van der Waals surface area contributed by atoms with E-state index in [-0.39, 0.29) is 17.6 Å². The van der Waals surface area contributed by atoms with Crippen LogP contribution in [-0.4, -0.2) is 37.4 Å². The summed E-state index contributed by atoms with van der Waals surface area (Å²) < 4.78 is 6.95. The Bertz CT molecular complexity index is 1150. The molecule has 146 valence electrons. The highest BCUT2D eigenvalue weighted by Gasteiger charge is 2.12. The van der Waals surface area contributed by atoms with E-state index in [1.54, 1.807) is 53.2 Å². The number of rotatable bonds is 6. The lowest BCUT2D eigenvalue weighted by molar-refractivity contribution is -0.114. The Morgan fingerprint density at radius 3 is 2.48 bits per heavy atom. The van der Waals surface area contributed by atoms with E-state index in [0.29, 0.717) is 33.6 Å². The largest absolute Gasteiger partial charge is 0.463 e. The molecule has 0 radical (unpaired) electrons. The average Bonchev–Trinajstić information content (AvgIpc) is 3.37. The summed E-state index contributed by atoms with van der Waals surface area (Å²) in [6.07, 6.45) is 1.58. The molecular formula is C19H16N6O3S. The minimum absolute atomic E-state index is 0.140. The second-order valence-electron chi connectivity index (χ2n) is 6.04. The minimum atomic E-state index is -0.193. The molecule has 29 heavy (non-hydrogen) atoms. The first kappa shape index (κ1) is 18.7. The van der Waals surface area contributed by atoms with Crippen molar-refractivity contribution < 1.29 is 14.0 Å². The molecule has 1 aromatic carbocycles. The molecule has 0 aliphatic heterocycles. The van der Waals surface area contributed by atoms with Crippen LogP contribution in [0.25, 0.3) is 17.1 Å². The molecule has 10 heteroatoms. The SMILES string of the molecule is CC(=O)Nc1ccc(NC(=O)CSc2nnc3ccc(-c4ccco4)nn23)cc1. The summed E-state index contributed by atoms with van der Waals surface area (Å²) in [7, 11) is 0. The fourth-order valence-electron chi connectivity index (χ4n) is 2.58. The third kappa shape index (κ3) is 4.43. The molecule has 4 rings (SSSR count). The van der Waals surface area contributed by atoms with Crippen molar-refractivity contribution in [1.29, 1.82) is 0 Å². The van der Waals surface area contributed by atoms with E-state index in [2.05, 4.69) is 25.9 Å². The number of nitrogens with zero attached hydrogens (tertiary/aromatic N) is 4. The van der Waals surface area contributed by atoms with Gasteiger partial charge in [-0.2, -0.15) is 9.61 Å². The second kappa shape index (κ2) is 8.15. The molecule has 0 fully saturated rings. The average molecular weight is 408 g/mol. The molecule has 0 atom stereocenters. The molecular weight excluding hydrogens is 392 g/mol. The van der Waals surface area contributed by atoms with Crippen LogP contribution >= 0.6 is 11.8 Å². The van der Waals surface area contributed by atoms with Gasteiger partial charge in [0.1, 0.15) is 5.69 Å². The lowest BCUT2D eigenvalue weighted by Gasteiger charge is -2.06. The maximum atomic E-state index is 12.3. The first-order valence-electron chi connectivity index (χ1n) is 8.65. The third-order valence-corrected chi connectivity index (χ3v) is 4.75. The van der Waals surface area contributed by atoms with Crippen LogP contribution in [0.3, 0.4) is 0 Å². The molecule has 4 aromatic rings. The number of hydrogen-bond donors (Lipinski definition) is 2. The summed E-state index contributed by atoms with van der Waals surface area (Å²) in [5, 5.41) is 18.6. The Labute approximate surface area is 169 Å². The van der Waals surface area contributed by atoms with E-state index in [4.69, 9.17) is 4.42 Å². The van der Waals surface area contributed by atoms with Gasteiger partial charge >= 0.3 is 0 Å². The van der Waals surface area contributed by atoms with Crippen molar-refractivity contribution in [2.24, 2.45) is 0 Å². The number of carbonyl (C=O) groups excluding carboxylic acids is 2. The number of benzene rings is 1. The molecule has 3 heterocycles. The number of aromatic nitrogens is 4. The fourth-order valence-corrected chi connectivity index (χ4v) is 3.27. The van der Waals surface area contributed by atoms with Crippen molar-refractivity contribution in [3.05, 3.63) is 54.8 Å². The van der Waals surface area contributed by atoms with E-state index < -0.39 is 0 Å². The molecule has 0 aliphatic carbocycles. The van der Waals surface area contributed by atoms with Gasteiger partial charge in [-0.25, -0.2) is 0 Å². The van der Waals surface area contributed by atoms with E-state index in [9.17, 15) is 9.59 Å². The van der Waals surface area contributed by atoms with Gasteiger partial charge in [-0.1, -0.05) is 11.8 Å². The lowest BCUT2D eigenvalue weighted by atomic mass is 10.3. The van der Waals surface area contributed by atoms with Crippen molar-refractivity contribution in [3.8, 4) is 11.5 Å². The van der Waals surface area contributed by atoms with Gasteiger partial charge in [0.25, 0.3) is 0 Å². The smallest absolute Gasteiger partial charge is 0.234 e. The number of furan rings is 1. The van der Waals surface area contributed by atoms with Gasteiger partial charge in [0, 0.05) is 18.3 Å². The molecule has 9 nitrogen and oxygen atoms in total. The minimum Gasteiger partial charge on any atom is -0.463 e. The standard InChI is InChI=1S/C19H16N6O3S/c1-12(26)20-13-4-6-14(7-5-13)21-18(27)11-29-19-23-22-17-9-8-15(24-25(17)19)16-3-2-10-28-16/h2-10H,11H2,1H3,(H,20,26)(H,21,27). The number of amides is 2. The number of fused-ring (bicyclic) bond motifs is 1. The quantitative estimate of drug-likeness (QED) is 0.471. The van der Waals surface area contributed by atoms with E-state index in [1.807, 2.05) is 6.07 Å². The maximum Gasteiger partial charge on any atom is 0.234 e. The molecule has 0 unspecified atom stereocenters. The van der Waals surface area contributed by atoms with Crippen LogP contribution in [0.1, 0.15) is 6.92 Å². The Hall–Kier alpha value is -3.66. The highest BCUT2D eigenvalue weighted by Crippen LogP contribution is 2.21. The molecule has 2 N–H and O–H groups in total. The van der Waals surface area contributed by atoms with Gasteiger partial charge in [-0.05, 0) is 48.5 Å². The van der Waals surface area contributed by atoms with Crippen LogP contribution in [0.4, 0.5) is 11.4 Å². The second-order valence-corrected chi connectivity index (χ2v) is 6.99. The van der Waals surface area contributed by atoms with Crippen LogP contribution in [-0.2, 0) is 9.59 Å². The highest BCUT2D eigenvalue weighted by atomic mass is 32.2. The molecule has 2 amide bonds. The first-order valence-corrected chi connectivity index (χ1v) is 9.64.